The number of nitrogens with zero attached hydrogens (tertiary/aromatic N) is 2. The maximum atomic E-state index is 5.33. The van der Waals surface area contributed by atoms with E-state index in [1.807, 2.05) is 12.1 Å². The fraction of sp³-hybridized carbons (Fsp3) is 0.733. The molecule has 2 unspecified atom stereocenters. The van der Waals surface area contributed by atoms with Crippen molar-refractivity contribution in [3.8, 4) is 0 Å². The molecule has 1 fully saturated rings. The summed E-state index contributed by atoms with van der Waals surface area (Å²) in [7, 11) is 4.38. The van der Waals surface area contributed by atoms with Crippen LogP contribution in [0.5, 0.6) is 0 Å². The van der Waals surface area contributed by atoms with Crippen molar-refractivity contribution in [1.29, 1.82) is 0 Å². The molecule has 0 aliphatic carbocycles. The van der Waals surface area contributed by atoms with Crippen molar-refractivity contribution in [2.75, 3.05) is 33.7 Å². The van der Waals surface area contributed by atoms with Crippen molar-refractivity contribution in [1.82, 2.24) is 15.1 Å². The highest BCUT2D eigenvalue weighted by atomic mass is 16.3. The first-order chi connectivity index (χ1) is 9.16. The van der Waals surface area contributed by atoms with Crippen LogP contribution >= 0.6 is 0 Å². The van der Waals surface area contributed by atoms with Crippen LogP contribution in [0.2, 0.25) is 0 Å². The van der Waals surface area contributed by atoms with Gasteiger partial charge in [-0.05, 0) is 52.5 Å². The second-order valence-corrected chi connectivity index (χ2v) is 5.81. The topological polar surface area (TPSA) is 31.7 Å². The van der Waals surface area contributed by atoms with E-state index in [9.17, 15) is 0 Å². The lowest BCUT2D eigenvalue weighted by molar-refractivity contribution is 0.101. The number of piperidine rings is 1. The van der Waals surface area contributed by atoms with Gasteiger partial charge < -0.3 is 14.6 Å². The minimum absolute atomic E-state index is 0.581. The fourth-order valence-corrected chi connectivity index (χ4v) is 2.75. The van der Waals surface area contributed by atoms with E-state index < -0.39 is 0 Å². The van der Waals surface area contributed by atoms with Crippen molar-refractivity contribution in [3.05, 3.63) is 24.2 Å². The molecule has 4 nitrogen and oxygen atoms in total. The van der Waals surface area contributed by atoms with Crippen LogP contribution in [0.15, 0.2) is 22.8 Å². The number of rotatable bonds is 6. The number of likely N-dealkylation sites (N-methyl/N-ethyl adjacent to an activating group) is 1. The Bertz CT molecular complexity index is 350. The first-order valence-electron chi connectivity index (χ1n) is 7.30. The third-order valence-electron chi connectivity index (χ3n) is 4.10. The standard InChI is InChI=1S/C15H27N3O/c1-13(10-16-11-15-7-5-9-19-15)18-8-4-6-14(12-18)17(2)3/h5,7,9,13-14,16H,4,6,8,10-12H2,1-3H3. The molecule has 1 aromatic heterocycles. The minimum Gasteiger partial charge on any atom is -0.468 e. The van der Waals surface area contributed by atoms with E-state index in [0.29, 0.717) is 12.1 Å². The highest BCUT2D eigenvalue weighted by Crippen LogP contribution is 2.15. The number of nitrogens with one attached hydrogen (secondary N) is 1. The zero-order valence-corrected chi connectivity index (χ0v) is 12.4. The Morgan fingerprint density at radius 1 is 1.53 bits per heavy atom. The Labute approximate surface area is 116 Å². The van der Waals surface area contributed by atoms with Crippen molar-refractivity contribution in [2.24, 2.45) is 0 Å². The van der Waals surface area contributed by atoms with E-state index in [1.165, 1.54) is 25.9 Å². The Kier molecular flexibility index (Phi) is 5.43. The van der Waals surface area contributed by atoms with Crippen LogP contribution in [0.3, 0.4) is 0 Å². The van der Waals surface area contributed by atoms with Crippen LogP contribution in [-0.4, -0.2) is 55.6 Å². The van der Waals surface area contributed by atoms with Gasteiger partial charge in [0.2, 0.25) is 0 Å². The molecule has 19 heavy (non-hydrogen) atoms. The predicted molar refractivity (Wildman–Crippen MR) is 78.2 cm³/mol. The van der Waals surface area contributed by atoms with Gasteiger partial charge in [-0.1, -0.05) is 0 Å². The van der Waals surface area contributed by atoms with Crippen molar-refractivity contribution < 1.29 is 4.42 Å². The van der Waals surface area contributed by atoms with Crippen molar-refractivity contribution in [3.63, 3.8) is 0 Å². The average Bonchev–Trinajstić information content (AvgIpc) is 2.92. The molecular formula is C15H27N3O. The van der Waals surface area contributed by atoms with E-state index in [0.717, 1.165) is 18.8 Å². The van der Waals surface area contributed by atoms with Crippen molar-refractivity contribution in [2.45, 2.75) is 38.4 Å². The maximum Gasteiger partial charge on any atom is 0.117 e. The van der Waals surface area contributed by atoms with Gasteiger partial charge in [-0.3, -0.25) is 4.90 Å². The molecule has 1 aromatic rings. The molecule has 108 valence electrons. The molecule has 1 aliphatic heterocycles. The molecule has 1 saturated heterocycles. The molecule has 0 amide bonds. The van der Waals surface area contributed by atoms with E-state index in [4.69, 9.17) is 4.42 Å². The van der Waals surface area contributed by atoms with Gasteiger partial charge in [0.25, 0.3) is 0 Å². The summed E-state index contributed by atoms with van der Waals surface area (Å²) >= 11 is 0. The zero-order valence-electron chi connectivity index (χ0n) is 12.4. The summed E-state index contributed by atoms with van der Waals surface area (Å²) in [6.07, 6.45) is 4.37. The summed E-state index contributed by atoms with van der Waals surface area (Å²) in [6.45, 7) is 6.57. The van der Waals surface area contributed by atoms with E-state index >= 15 is 0 Å². The van der Waals surface area contributed by atoms with E-state index in [-0.39, 0.29) is 0 Å². The van der Waals surface area contributed by atoms with Crippen LogP contribution in [0, 0.1) is 0 Å². The molecule has 2 atom stereocenters. The molecular weight excluding hydrogens is 238 g/mol. The van der Waals surface area contributed by atoms with E-state index in [1.54, 1.807) is 6.26 Å². The quantitative estimate of drug-likeness (QED) is 0.850. The molecule has 0 spiro atoms. The molecule has 4 heteroatoms. The fourth-order valence-electron chi connectivity index (χ4n) is 2.75. The second-order valence-electron chi connectivity index (χ2n) is 5.81. The van der Waals surface area contributed by atoms with Gasteiger partial charge in [-0.15, -0.1) is 0 Å². The van der Waals surface area contributed by atoms with Crippen LogP contribution in [-0.2, 0) is 6.54 Å². The summed E-state index contributed by atoms with van der Waals surface area (Å²) in [4.78, 5) is 4.96. The Morgan fingerprint density at radius 3 is 3.05 bits per heavy atom. The highest BCUT2D eigenvalue weighted by Gasteiger charge is 2.24. The van der Waals surface area contributed by atoms with Gasteiger partial charge in [0.05, 0.1) is 12.8 Å². The molecule has 1 N–H and O–H groups in total. The summed E-state index contributed by atoms with van der Waals surface area (Å²) in [5.41, 5.74) is 0. The van der Waals surface area contributed by atoms with Gasteiger partial charge in [0, 0.05) is 25.2 Å². The molecule has 0 bridgehead atoms. The monoisotopic (exact) mass is 265 g/mol. The lowest BCUT2D eigenvalue weighted by Crippen LogP contribution is -2.50. The van der Waals surface area contributed by atoms with Gasteiger partial charge in [-0.25, -0.2) is 0 Å². The van der Waals surface area contributed by atoms with Gasteiger partial charge in [0.1, 0.15) is 5.76 Å². The van der Waals surface area contributed by atoms with Gasteiger partial charge in [0.15, 0.2) is 0 Å². The Hall–Kier alpha value is -0.840. The van der Waals surface area contributed by atoms with Crippen LogP contribution in [0.1, 0.15) is 25.5 Å². The molecule has 2 heterocycles. The summed E-state index contributed by atoms with van der Waals surface area (Å²) < 4.78 is 5.33. The first kappa shape index (κ1) is 14.6. The summed E-state index contributed by atoms with van der Waals surface area (Å²) in [6, 6.07) is 5.24. The molecule has 0 aromatic carbocycles. The largest absolute Gasteiger partial charge is 0.468 e. The smallest absolute Gasteiger partial charge is 0.117 e. The zero-order chi connectivity index (χ0) is 13.7. The summed E-state index contributed by atoms with van der Waals surface area (Å²) in [5.74, 6) is 1.01. The van der Waals surface area contributed by atoms with E-state index in [2.05, 4.69) is 36.1 Å². The van der Waals surface area contributed by atoms with Gasteiger partial charge >= 0.3 is 0 Å². The lowest BCUT2D eigenvalue weighted by Gasteiger charge is -2.39. The number of furan rings is 1. The molecule has 1 aliphatic rings. The number of likely N-dealkylation sites (tertiary alicyclic amines) is 1. The molecule has 0 radical (unpaired) electrons. The normalized spacial score (nSPS) is 22.8. The SMILES string of the molecule is CC(CNCc1ccco1)N1CCCC(N(C)C)C1. The Morgan fingerprint density at radius 2 is 2.37 bits per heavy atom. The predicted octanol–water partition coefficient (Wildman–Crippen LogP) is 1.78. The third kappa shape index (κ3) is 4.34. The molecule has 2 rings (SSSR count). The Balaban J connectivity index is 1.71. The van der Waals surface area contributed by atoms with Crippen molar-refractivity contribution >= 4 is 0 Å². The lowest BCUT2D eigenvalue weighted by atomic mass is 10.0. The first-order valence-corrected chi connectivity index (χ1v) is 7.30. The number of hydrogen-bond acceptors (Lipinski definition) is 4. The third-order valence-corrected chi connectivity index (χ3v) is 4.10. The van der Waals surface area contributed by atoms with Gasteiger partial charge in [-0.2, -0.15) is 0 Å². The average molecular weight is 265 g/mol. The minimum atomic E-state index is 0.581. The maximum absolute atomic E-state index is 5.33. The highest BCUT2D eigenvalue weighted by molar-refractivity contribution is 4.97. The van der Waals surface area contributed by atoms with Crippen LogP contribution in [0.25, 0.3) is 0 Å². The van der Waals surface area contributed by atoms with Crippen LogP contribution < -0.4 is 5.32 Å². The number of hydrogen-bond donors (Lipinski definition) is 1. The second kappa shape index (κ2) is 7.08. The van der Waals surface area contributed by atoms with Crippen LogP contribution in [0.4, 0.5) is 0 Å². The molecule has 0 saturated carbocycles. The summed E-state index contributed by atoms with van der Waals surface area (Å²) in [5, 5.41) is 3.48.